The number of carbonyl (C=O) groups excluding carboxylic acids is 1. The van der Waals surface area contributed by atoms with Crippen molar-refractivity contribution in [3.8, 4) is 5.75 Å². The van der Waals surface area contributed by atoms with Crippen molar-refractivity contribution in [1.29, 1.82) is 0 Å². The van der Waals surface area contributed by atoms with E-state index in [0.29, 0.717) is 11.5 Å². The second-order valence-corrected chi connectivity index (χ2v) is 5.86. The fourth-order valence-corrected chi connectivity index (χ4v) is 3.27. The van der Waals surface area contributed by atoms with Crippen molar-refractivity contribution in [2.75, 3.05) is 20.2 Å². The number of methoxy groups -OCH3 is 1. The lowest BCUT2D eigenvalue weighted by Crippen LogP contribution is -2.28. The number of carbonyl (C=O) groups is 1. The minimum atomic E-state index is 0.0616. The minimum Gasteiger partial charge on any atom is -0.497 e. The van der Waals surface area contributed by atoms with Gasteiger partial charge in [0.05, 0.1) is 12.7 Å². The molecule has 0 bridgehead atoms. The molecule has 1 saturated heterocycles. The number of aromatic nitrogens is 3. The topological polar surface area (TPSA) is 74.0 Å². The molecule has 2 aromatic heterocycles. The molecule has 1 aliphatic heterocycles. The number of rotatable bonds is 3. The number of nitrogens with one attached hydrogen (secondary N) is 2. The number of benzene rings is 1. The molecule has 4 rings (SSSR count). The average Bonchev–Trinajstić information content (AvgIpc) is 3.32. The predicted octanol–water partition coefficient (Wildman–Crippen LogP) is 2.53. The van der Waals surface area contributed by atoms with Gasteiger partial charge < -0.3 is 14.6 Å². The SMILES string of the molecule is COc1ccc2[nH]cc(C(=O)N3CC[C@@H](c4ccn[nH]4)C3)c2c1. The Morgan fingerprint density at radius 2 is 2.30 bits per heavy atom. The van der Waals surface area contributed by atoms with Crippen molar-refractivity contribution in [2.24, 2.45) is 0 Å². The molecule has 6 nitrogen and oxygen atoms in total. The highest BCUT2D eigenvalue weighted by atomic mass is 16.5. The summed E-state index contributed by atoms with van der Waals surface area (Å²) in [5.41, 5.74) is 2.74. The van der Waals surface area contributed by atoms with Gasteiger partial charge in [-0.05, 0) is 30.7 Å². The molecule has 0 spiro atoms. The van der Waals surface area contributed by atoms with Gasteiger partial charge in [-0.25, -0.2) is 0 Å². The zero-order valence-corrected chi connectivity index (χ0v) is 12.9. The zero-order valence-electron chi connectivity index (χ0n) is 12.9. The van der Waals surface area contributed by atoms with Gasteiger partial charge >= 0.3 is 0 Å². The first-order valence-electron chi connectivity index (χ1n) is 7.70. The van der Waals surface area contributed by atoms with E-state index in [2.05, 4.69) is 15.2 Å². The molecule has 6 heteroatoms. The fraction of sp³-hybridized carbons (Fsp3) is 0.294. The van der Waals surface area contributed by atoms with Crippen molar-refractivity contribution in [3.05, 3.63) is 47.9 Å². The summed E-state index contributed by atoms with van der Waals surface area (Å²) in [6.45, 7) is 1.48. The third-order valence-electron chi connectivity index (χ3n) is 4.56. The summed E-state index contributed by atoms with van der Waals surface area (Å²) in [4.78, 5) is 17.9. The average molecular weight is 310 g/mol. The van der Waals surface area contributed by atoms with Crippen molar-refractivity contribution in [3.63, 3.8) is 0 Å². The van der Waals surface area contributed by atoms with E-state index in [-0.39, 0.29) is 5.91 Å². The number of ether oxygens (including phenoxy) is 1. The third kappa shape index (κ3) is 2.36. The molecule has 2 N–H and O–H groups in total. The Labute approximate surface area is 133 Å². The smallest absolute Gasteiger partial charge is 0.256 e. The van der Waals surface area contributed by atoms with E-state index in [9.17, 15) is 4.79 Å². The van der Waals surface area contributed by atoms with E-state index in [1.54, 1.807) is 19.5 Å². The van der Waals surface area contributed by atoms with E-state index in [0.717, 1.165) is 41.9 Å². The Kier molecular flexibility index (Phi) is 3.29. The summed E-state index contributed by atoms with van der Waals surface area (Å²) < 4.78 is 5.27. The van der Waals surface area contributed by atoms with Crippen LogP contribution in [-0.4, -0.2) is 46.2 Å². The second kappa shape index (κ2) is 5.46. The van der Waals surface area contributed by atoms with E-state index < -0.39 is 0 Å². The maximum Gasteiger partial charge on any atom is 0.256 e. The first-order chi connectivity index (χ1) is 11.3. The Morgan fingerprint density at radius 1 is 1.39 bits per heavy atom. The van der Waals surface area contributed by atoms with Gasteiger partial charge in [-0.1, -0.05) is 0 Å². The summed E-state index contributed by atoms with van der Waals surface area (Å²) >= 11 is 0. The maximum absolute atomic E-state index is 12.9. The van der Waals surface area contributed by atoms with Crippen LogP contribution in [0.25, 0.3) is 10.9 Å². The molecule has 1 amide bonds. The molecule has 1 fully saturated rings. The van der Waals surface area contributed by atoms with Gasteiger partial charge in [0, 0.05) is 48.0 Å². The van der Waals surface area contributed by atoms with Gasteiger partial charge in [0.2, 0.25) is 0 Å². The van der Waals surface area contributed by atoms with Crippen molar-refractivity contribution in [2.45, 2.75) is 12.3 Å². The van der Waals surface area contributed by atoms with E-state index in [1.165, 1.54) is 0 Å². The normalized spacial score (nSPS) is 17.8. The third-order valence-corrected chi connectivity index (χ3v) is 4.56. The lowest BCUT2D eigenvalue weighted by Gasteiger charge is -2.16. The van der Waals surface area contributed by atoms with Crippen LogP contribution in [0.5, 0.6) is 5.75 Å². The van der Waals surface area contributed by atoms with Crippen LogP contribution in [0.3, 0.4) is 0 Å². The van der Waals surface area contributed by atoms with E-state index >= 15 is 0 Å². The Bertz CT molecular complexity index is 838. The monoisotopic (exact) mass is 310 g/mol. The lowest BCUT2D eigenvalue weighted by atomic mass is 10.1. The van der Waals surface area contributed by atoms with Crippen molar-refractivity contribution in [1.82, 2.24) is 20.1 Å². The molecule has 1 atom stereocenters. The fourth-order valence-electron chi connectivity index (χ4n) is 3.27. The predicted molar refractivity (Wildman–Crippen MR) is 86.7 cm³/mol. The van der Waals surface area contributed by atoms with Crippen LogP contribution in [0, 0.1) is 0 Å². The van der Waals surface area contributed by atoms with Crippen LogP contribution in [0.15, 0.2) is 36.7 Å². The van der Waals surface area contributed by atoms with E-state index in [4.69, 9.17) is 4.74 Å². The lowest BCUT2D eigenvalue weighted by molar-refractivity contribution is 0.0792. The second-order valence-electron chi connectivity index (χ2n) is 5.86. The standard InChI is InChI=1S/C17H18N4O2/c1-23-12-2-3-16-13(8-12)14(9-18-16)17(22)21-7-5-11(10-21)15-4-6-19-20-15/h2-4,6,8-9,11,18H,5,7,10H2,1H3,(H,19,20)/t11-/m1/s1. The number of nitrogens with zero attached hydrogens (tertiary/aromatic N) is 2. The Hall–Kier alpha value is -2.76. The molecule has 3 aromatic rings. The highest BCUT2D eigenvalue weighted by molar-refractivity contribution is 6.07. The Balaban J connectivity index is 1.60. The van der Waals surface area contributed by atoms with Gasteiger partial charge in [0.15, 0.2) is 0 Å². The highest BCUT2D eigenvalue weighted by Crippen LogP contribution is 2.29. The van der Waals surface area contributed by atoms with Crippen LogP contribution in [-0.2, 0) is 0 Å². The number of hydrogen-bond acceptors (Lipinski definition) is 3. The molecule has 0 aliphatic carbocycles. The largest absolute Gasteiger partial charge is 0.497 e. The molecular weight excluding hydrogens is 292 g/mol. The minimum absolute atomic E-state index is 0.0616. The number of hydrogen-bond donors (Lipinski definition) is 2. The molecule has 0 saturated carbocycles. The first-order valence-corrected chi connectivity index (χ1v) is 7.70. The number of H-pyrrole nitrogens is 2. The van der Waals surface area contributed by atoms with Crippen LogP contribution in [0.2, 0.25) is 0 Å². The molecule has 118 valence electrons. The van der Waals surface area contributed by atoms with Gasteiger partial charge in [-0.15, -0.1) is 0 Å². The number of aromatic amines is 2. The van der Waals surface area contributed by atoms with Gasteiger partial charge in [-0.3, -0.25) is 9.89 Å². The molecule has 0 unspecified atom stereocenters. The number of likely N-dealkylation sites (tertiary alicyclic amines) is 1. The molecule has 1 aliphatic rings. The molecule has 23 heavy (non-hydrogen) atoms. The molecule has 1 aromatic carbocycles. The molecule has 3 heterocycles. The van der Waals surface area contributed by atoms with Gasteiger partial charge in [-0.2, -0.15) is 5.10 Å². The summed E-state index contributed by atoms with van der Waals surface area (Å²) in [6.07, 6.45) is 4.50. The van der Waals surface area contributed by atoms with Crippen LogP contribution < -0.4 is 4.74 Å². The van der Waals surface area contributed by atoms with Crippen LogP contribution in [0.4, 0.5) is 0 Å². The summed E-state index contributed by atoms with van der Waals surface area (Å²) in [6, 6.07) is 7.70. The highest BCUT2D eigenvalue weighted by Gasteiger charge is 2.29. The maximum atomic E-state index is 12.9. The van der Waals surface area contributed by atoms with Crippen LogP contribution >= 0.6 is 0 Å². The summed E-state index contributed by atoms with van der Waals surface area (Å²) in [5.74, 6) is 1.15. The quantitative estimate of drug-likeness (QED) is 0.780. The van der Waals surface area contributed by atoms with Crippen molar-refractivity contribution < 1.29 is 9.53 Å². The zero-order chi connectivity index (χ0) is 15.8. The number of fused-ring (bicyclic) bond motifs is 1. The van der Waals surface area contributed by atoms with Crippen LogP contribution in [0.1, 0.15) is 28.4 Å². The van der Waals surface area contributed by atoms with Gasteiger partial charge in [0.1, 0.15) is 5.75 Å². The Morgan fingerprint density at radius 3 is 3.09 bits per heavy atom. The first kappa shape index (κ1) is 13.9. The molecule has 0 radical (unpaired) electrons. The summed E-state index contributed by atoms with van der Waals surface area (Å²) in [5, 5.41) is 7.91. The van der Waals surface area contributed by atoms with Crippen molar-refractivity contribution >= 4 is 16.8 Å². The number of amides is 1. The summed E-state index contributed by atoms with van der Waals surface area (Å²) in [7, 11) is 1.63. The molecular formula is C17H18N4O2. The van der Waals surface area contributed by atoms with Gasteiger partial charge in [0.25, 0.3) is 5.91 Å². The van der Waals surface area contributed by atoms with E-state index in [1.807, 2.05) is 29.2 Å².